The molecule has 0 unspecified atom stereocenters. The quantitative estimate of drug-likeness (QED) is 0.609. The first-order valence-corrected chi connectivity index (χ1v) is 5.88. The monoisotopic (exact) mass is 232 g/mol. The Morgan fingerprint density at radius 3 is 2.53 bits per heavy atom. The van der Waals surface area contributed by atoms with Gasteiger partial charge < -0.3 is 5.32 Å². The van der Waals surface area contributed by atoms with Crippen molar-refractivity contribution in [3.63, 3.8) is 0 Å². The third-order valence-electron chi connectivity index (χ3n) is 1.84. The first kappa shape index (κ1) is 14.3. The van der Waals surface area contributed by atoms with Crippen LogP contribution < -0.4 is 10.6 Å². The first-order chi connectivity index (χ1) is 7.06. The lowest BCUT2D eigenvalue weighted by molar-refractivity contribution is -0.120. The van der Waals surface area contributed by atoms with Crippen molar-refractivity contribution in [2.45, 2.75) is 33.1 Å². The maximum atomic E-state index is 11.2. The van der Waals surface area contributed by atoms with Gasteiger partial charge in [-0.2, -0.15) is 12.6 Å². The van der Waals surface area contributed by atoms with E-state index in [0.29, 0.717) is 24.6 Å². The van der Waals surface area contributed by atoms with Gasteiger partial charge in [-0.15, -0.1) is 0 Å². The summed E-state index contributed by atoms with van der Waals surface area (Å²) in [5.41, 5.74) is 0. The summed E-state index contributed by atoms with van der Waals surface area (Å²) in [5.74, 6) is 0.942. The van der Waals surface area contributed by atoms with Gasteiger partial charge in [-0.05, 0) is 12.3 Å². The summed E-state index contributed by atoms with van der Waals surface area (Å²) in [6.45, 7) is 4.68. The van der Waals surface area contributed by atoms with E-state index in [9.17, 15) is 9.59 Å². The number of nitrogens with one attached hydrogen (secondary N) is 2. The average molecular weight is 232 g/mol. The molecule has 0 aromatic heterocycles. The molecule has 0 aliphatic heterocycles. The Labute approximate surface area is 96.6 Å². The highest BCUT2D eigenvalue weighted by Gasteiger charge is 2.06. The minimum atomic E-state index is -0.432. The van der Waals surface area contributed by atoms with Crippen LogP contribution in [0.25, 0.3) is 0 Å². The lowest BCUT2D eigenvalue weighted by atomic mass is 10.1. The van der Waals surface area contributed by atoms with Crippen LogP contribution in [-0.4, -0.2) is 24.2 Å². The average Bonchev–Trinajstić information content (AvgIpc) is 2.14. The fourth-order valence-electron chi connectivity index (χ4n) is 1.07. The Hall–Kier alpha value is -0.710. The van der Waals surface area contributed by atoms with E-state index in [1.807, 2.05) is 0 Å². The van der Waals surface area contributed by atoms with Gasteiger partial charge in [-0.1, -0.05) is 20.3 Å². The van der Waals surface area contributed by atoms with Gasteiger partial charge in [-0.3, -0.25) is 10.1 Å². The van der Waals surface area contributed by atoms with Crippen molar-refractivity contribution in [3.8, 4) is 0 Å². The van der Waals surface area contributed by atoms with Gasteiger partial charge in [-0.25, -0.2) is 4.79 Å². The minimum absolute atomic E-state index is 0.215. The maximum Gasteiger partial charge on any atom is 0.321 e. The molecule has 88 valence electrons. The SMILES string of the molecule is CC(C)CCCC(=O)NC(=O)NCCS. The highest BCUT2D eigenvalue weighted by molar-refractivity contribution is 7.80. The third kappa shape index (κ3) is 9.59. The van der Waals surface area contributed by atoms with Crippen molar-refractivity contribution < 1.29 is 9.59 Å². The van der Waals surface area contributed by atoms with Crippen LogP contribution in [0.15, 0.2) is 0 Å². The van der Waals surface area contributed by atoms with E-state index in [1.165, 1.54) is 0 Å². The van der Waals surface area contributed by atoms with E-state index < -0.39 is 6.03 Å². The predicted molar refractivity (Wildman–Crippen MR) is 64.1 cm³/mol. The van der Waals surface area contributed by atoms with Crippen molar-refractivity contribution in [1.82, 2.24) is 10.6 Å². The highest BCUT2D eigenvalue weighted by Crippen LogP contribution is 2.05. The van der Waals surface area contributed by atoms with E-state index in [1.54, 1.807) is 0 Å². The van der Waals surface area contributed by atoms with E-state index >= 15 is 0 Å². The number of thiol groups is 1. The molecule has 0 radical (unpaired) electrons. The van der Waals surface area contributed by atoms with Gasteiger partial charge in [0, 0.05) is 18.7 Å². The molecule has 0 heterocycles. The molecule has 0 aromatic rings. The highest BCUT2D eigenvalue weighted by atomic mass is 32.1. The van der Waals surface area contributed by atoms with Crippen LogP contribution in [0.4, 0.5) is 4.79 Å². The van der Waals surface area contributed by atoms with Crippen LogP contribution in [-0.2, 0) is 4.79 Å². The van der Waals surface area contributed by atoms with Crippen molar-refractivity contribution in [3.05, 3.63) is 0 Å². The molecule has 3 amide bonds. The largest absolute Gasteiger partial charge is 0.337 e. The fourth-order valence-corrected chi connectivity index (χ4v) is 1.19. The summed E-state index contributed by atoms with van der Waals surface area (Å²) in [4.78, 5) is 22.2. The molecule has 0 saturated heterocycles. The van der Waals surface area contributed by atoms with Gasteiger partial charge in [0.05, 0.1) is 0 Å². The van der Waals surface area contributed by atoms with Gasteiger partial charge >= 0.3 is 6.03 Å². The number of carbonyl (C=O) groups excluding carboxylic acids is 2. The Morgan fingerprint density at radius 1 is 1.33 bits per heavy atom. The lowest BCUT2D eigenvalue weighted by Gasteiger charge is -2.06. The number of hydrogen-bond donors (Lipinski definition) is 3. The van der Waals surface area contributed by atoms with Crippen molar-refractivity contribution in [1.29, 1.82) is 0 Å². The van der Waals surface area contributed by atoms with Crippen LogP contribution >= 0.6 is 12.6 Å². The molecule has 0 aliphatic carbocycles. The van der Waals surface area contributed by atoms with E-state index in [-0.39, 0.29) is 5.91 Å². The molecule has 15 heavy (non-hydrogen) atoms. The first-order valence-electron chi connectivity index (χ1n) is 5.24. The second-order valence-electron chi connectivity index (χ2n) is 3.81. The lowest BCUT2D eigenvalue weighted by Crippen LogP contribution is -2.40. The number of hydrogen-bond acceptors (Lipinski definition) is 3. The molecule has 0 saturated carbocycles. The second-order valence-corrected chi connectivity index (χ2v) is 4.26. The molecular weight excluding hydrogens is 212 g/mol. The molecule has 4 nitrogen and oxygen atoms in total. The number of urea groups is 1. The molecular formula is C10H20N2O2S. The smallest absolute Gasteiger partial charge is 0.321 e. The summed E-state index contributed by atoms with van der Waals surface area (Å²) in [6, 6.07) is -0.432. The molecule has 0 atom stereocenters. The van der Waals surface area contributed by atoms with Crippen molar-refractivity contribution in [2.75, 3.05) is 12.3 Å². The van der Waals surface area contributed by atoms with Crippen molar-refractivity contribution in [2.24, 2.45) is 5.92 Å². The topological polar surface area (TPSA) is 58.2 Å². The zero-order chi connectivity index (χ0) is 11.7. The zero-order valence-corrected chi connectivity index (χ0v) is 10.3. The maximum absolute atomic E-state index is 11.2. The summed E-state index contributed by atoms with van der Waals surface area (Å²) in [7, 11) is 0. The van der Waals surface area contributed by atoms with Gasteiger partial charge in [0.15, 0.2) is 0 Å². The molecule has 0 rings (SSSR count). The van der Waals surface area contributed by atoms with E-state index in [4.69, 9.17) is 0 Å². The van der Waals surface area contributed by atoms with Crippen molar-refractivity contribution >= 4 is 24.6 Å². The standard InChI is InChI=1S/C10H20N2O2S/c1-8(2)4-3-5-9(13)12-10(14)11-6-7-15/h8,15H,3-7H2,1-2H3,(H2,11,12,13,14). The molecule has 0 bridgehead atoms. The minimum Gasteiger partial charge on any atom is -0.337 e. The molecule has 2 N–H and O–H groups in total. The second kappa shape index (κ2) is 8.59. The normalized spacial score (nSPS) is 10.1. The van der Waals surface area contributed by atoms with Gasteiger partial charge in [0.1, 0.15) is 0 Å². The molecule has 0 aromatic carbocycles. The Bertz CT molecular complexity index is 208. The van der Waals surface area contributed by atoms with Gasteiger partial charge in [0.2, 0.25) is 5.91 Å². The van der Waals surface area contributed by atoms with Crippen LogP contribution in [0.2, 0.25) is 0 Å². The molecule has 0 spiro atoms. The van der Waals surface area contributed by atoms with Crippen LogP contribution in [0.3, 0.4) is 0 Å². The zero-order valence-electron chi connectivity index (χ0n) is 9.38. The Kier molecular flexibility index (Phi) is 8.18. The fraction of sp³-hybridized carbons (Fsp3) is 0.800. The van der Waals surface area contributed by atoms with Crippen LogP contribution in [0.5, 0.6) is 0 Å². The van der Waals surface area contributed by atoms with Crippen LogP contribution in [0.1, 0.15) is 33.1 Å². The van der Waals surface area contributed by atoms with Gasteiger partial charge in [0.25, 0.3) is 0 Å². The Morgan fingerprint density at radius 2 is 2.00 bits per heavy atom. The van der Waals surface area contributed by atoms with E-state index in [0.717, 1.165) is 12.8 Å². The molecule has 0 fully saturated rings. The number of amides is 3. The Balaban J connectivity index is 3.51. The third-order valence-corrected chi connectivity index (χ3v) is 2.06. The number of rotatable bonds is 6. The number of imide groups is 1. The summed E-state index contributed by atoms with van der Waals surface area (Å²) in [5, 5.41) is 4.78. The van der Waals surface area contributed by atoms with E-state index in [2.05, 4.69) is 37.1 Å². The van der Waals surface area contributed by atoms with Crippen LogP contribution in [0, 0.1) is 5.92 Å². The summed E-state index contributed by atoms with van der Waals surface area (Å²) >= 11 is 3.94. The molecule has 0 aliphatic rings. The summed E-state index contributed by atoms with van der Waals surface area (Å²) in [6.07, 6.45) is 2.24. The predicted octanol–water partition coefficient (Wildman–Crippen LogP) is 1.57. The number of carbonyl (C=O) groups is 2. The summed E-state index contributed by atoms with van der Waals surface area (Å²) < 4.78 is 0. The molecule has 5 heteroatoms.